The predicted molar refractivity (Wildman–Crippen MR) is 41.2 cm³/mol. The molecule has 1 fully saturated rings. The van der Waals surface area contributed by atoms with Crippen molar-refractivity contribution in [3.05, 3.63) is 0 Å². The zero-order valence-electron chi connectivity index (χ0n) is 7.39. The molecule has 0 aromatic heterocycles. The van der Waals surface area contributed by atoms with Crippen LogP contribution in [0.2, 0.25) is 0 Å². The average Bonchev–Trinajstić information content (AvgIpc) is 1.95. The van der Waals surface area contributed by atoms with E-state index >= 15 is 0 Å². The normalized spacial score (nSPS) is 37.1. The van der Waals surface area contributed by atoms with Gasteiger partial charge in [-0.05, 0) is 20.3 Å². The molecule has 1 saturated heterocycles. The third kappa shape index (κ3) is 1.41. The number of methoxy groups -OCH3 is 1. The molecule has 0 aromatic rings. The van der Waals surface area contributed by atoms with E-state index in [1.807, 2.05) is 13.8 Å². The Hall–Kier alpha value is -0.120. The van der Waals surface area contributed by atoms with E-state index in [2.05, 4.69) is 0 Å². The zero-order chi connectivity index (χ0) is 8.54. The van der Waals surface area contributed by atoms with E-state index in [-0.39, 0.29) is 0 Å². The van der Waals surface area contributed by atoms with Gasteiger partial charge in [-0.2, -0.15) is 0 Å². The van der Waals surface area contributed by atoms with E-state index in [0.29, 0.717) is 13.0 Å². The second-order valence-corrected chi connectivity index (χ2v) is 3.45. The van der Waals surface area contributed by atoms with Crippen molar-refractivity contribution in [3.63, 3.8) is 0 Å². The Morgan fingerprint density at radius 2 is 2.09 bits per heavy atom. The van der Waals surface area contributed by atoms with Crippen LogP contribution in [0.4, 0.5) is 0 Å². The molecule has 0 aliphatic carbocycles. The van der Waals surface area contributed by atoms with Crippen molar-refractivity contribution in [2.45, 2.75) is 38.1 Å². The van der Waals surface area contributed by atoms with Crippen LogP contribution in [0.3, 0.4) is 0 Å². The number of rotatable bonds is 1. The standard InChI is InChI=1S/C8H16O3/c1-7(2)8(9,10-3)5-4-6-11-7/h9H,4-6H2,1-3H3. The molecule has 1 aliphatic heterocycles. The van der Waals surface area contributed by atoms with Crippen LogP contribution in [-0.4, -0.2) is 30.2 Å². The van der Waals surface area contributed by atoms with Gasteiger partial charge in [-0.25, -0.2) is 0 Å². The van der Waals surface area contributed by atoms with E-state index in [1.54, 1.807) is 0 Å². The van der Waals surface area contributed by atoms with Gasteiger partial charge in [0.15, 0.2) is 5.79 Å². The quantitative estimate of drug-likeness (QED) is 0.579. The Morgan fingerprint density at radius 1 is 1.45 bits per heavy atom. The van der Waals surface area contributed by atoms with Crippen LogP contribution < -0.4 is 0 Å². The van der Waals surface area contributed by atoms with Gasteiger partial charge in [0.1, 0.15) is 5.60 Å². The number of hydrogen-bond donors (Lipinski definition) is 1. The summed E-state index contributed by atoms with van der Waals surface area (Å²) in [5.41, 5.74) is -0.583. The lowest BCUT2D eigenvalue weighted by Gasteiger charge is -2.44. The van der Waals surface area contributed by atoms with Crippen LogP contribution in [0.15, 0.2) is 0 Å². The summed E-state index contributed by atoms with van der Waals surface area (Å²) in [5.74, 6) is -1.11. The highest BCUT2D eigenvalue weighted by atomic mass is 16.7. The van der Waals surface area contributed by atoms with Crippen molar-refractivity contribution in [2.24, 2.45) is 0 Å². The molecule has 3 nitrogen and oxygen atoms in total. The molecule has 11 heavy (non-hydrogen) atoms. The molecule has 1 heterocycles. The van der Waals surface area contributed by atoms with Gasteiger partial charge in [0, 0.05) is 20.1 Å². The molecule has 66 valence electrons. The summed E-state index contributed by atoms with van der Waals surface area (Å²) in [6, 6.07) is 0. The number of hydrogen-bond acceptors (Lipinski definition) is 3. The molecule has 0 aromatic carbocycles. The molecule has 1 rings (SSSR count). The molecule has 0 radical (unpaired) electrons. The third-order valence-electron chi connectivity index (χ3n) is 2.40. The van der Waals surface area contributed by atoms with Crippen molar-refractivity contribution in [1.82, 2.24) is 0 Å². The minimum Gasteiger partial charge on any atom is -0.370 e. The van der Waals surface area contributed by atoms with Crippen LogP contribution in [0.5, 0.6) is 0 Å². The molecule has 0 saturated carbocycles. The van der Waals surface area contributed by atoms with Gasteiger partial charge in [0.25, 0.3) is 0 Å². The van der Waals surface area contributed by atoms with E-state index in [1.165, 1.54) is 7.11 Å². The summed E-state index contributed by atoms with van der Waals surface area (Å²) in [6.07, 6.45) is 1.50. The van der Waals surface area contributed by atoms with Crippen LogP contribution in [0.1, 0.15) is 26.7 Å². The molecule has 1 N–H and O–H groups in total. The summed E-state index contributed by atoms with van der Waals surface area (Å²) in [5, 5.41) is 9.86. The number of aliphatic hydroxyl groups is 1. The Labute approximate surface area is 67.3 Å². The fourth-order valence-corrected chi connectivity index (χ4v) is 1.40. The summed E-state index contributed by atoms with van der Waals surface area (Å²) in [7, 11) is 1.51. The second-order valence-electron chi connectivity index (χ2n) is 3.45. The van der Waals surface area contributed by atoms with Crippen LogP contribution in [0, 0.1) is 0 Å². The summed E-state index contributed by atoms with van der Waals surface area (Å²) in [4.78, 5) is 0. The number of ether oxygens (including phenoxy) is 2. The first-order valence-electron chi connectivity index (χ1n) is 3.93. The predicted octanol–water partition coefficient (Wildman–Crippen LogP) is 0.910. The SMILES string of the molecule is COC1(O)CCCOC1(C)C. The summed E-state index contributed by atoms with van der Waals surface area (Å²) >= 11 is 0. The summed E-state index contributed by atoms with van der Waals surface area (Å²) in [6.45, 7) is 4.39. The largest absolute Gasteiger partial charge is 0.370 e. The van der Waals surface area contributed by atoms with E-state index in [0.717, 1.165) is 6.42 Å². The van der Waals surface area contributed by atoms with Crippen molar-refractivity contribution in [1.29, 1.82) is 0 Å². The fourth-order valence-electron chi connectivity index (χ4n) is 1.40. The lowest BCUT2D eigenvalue weighted by atomic mass is 9.90. The highest BCUT2D eigenvalue weighted by Gasteiger charge is 2.47. The first kappa shape index (κ1) is 8.97. The Morgan fingerprint density at radius 3 is 2.45 bits per heavy atom. The molecule has 3 heteroatoms. The van der Waals surface area contributed by atoms with Crippen LogP contribution in [0.25, 0.3) is 0 Å². The monoisotopic (exact) mass is 160 g/mol. The Balaban J connectivity index is 2.74. The molecule has 1 aliphatic rings. The van der Waals surface area contributed by atoms with Gasteiger partial charge < -0.3 is 14.6 Å². The Bertz CT molecular complexity index is 144. The van der Waals surface area contributed by atoms with Gasteiger partial charge >= 0.3 is 0 Å². The first-order chi connectivity index (χ1) is 5.02. The van der Waals surface area contributed by atoms with E-state index in [4.69, 9.17) is 9.47 Å². The molecular formula is C8H16O3. The van der Waals surface area contributed by atoms with Gasteiger partial charge in [0.05, 0.1) is 0 Å². The smallest absolute Gasteiger partial charge is 0.194 e. The Kier molecular flexibility index (Phi) is 2.23. The molecular weight excluding hydrogens is 144 g/mol. The lowest BCUT2D eigenvalue weighted by Crippen LogP contribution is -2.56. The zero-order valence-corrected chi connectivity index (χ0v) is 7.39. The molecule has 0 amide bonds. The maximum absolute atomic E-state index is 9.86. The maximum atomic E-state index is 9.86. The van der Waals surface area contributed by atoms with Gasteiger partial charge in [-0.1, -0.05) is 0 Å². The minimum absolute atomic E-state index is 0.583. The molecule has 1 atom stereocenters. The molecule has 1 unspecified atom stereocenters. The van der Waals surface area contributed by atoms with Gasteiger partial charge in [0.2, 0.25) is 0 Å². The molecule has 0 spiro atoms. The van der Waals surface area contributed by atoms with E-state index in [9.17, 15) is 5.11 Å². The van der Waals surface area contributed by atoms with Gasteiger partial charge in [-0.15, -0.1) is 0 Å². The highest BCUT2D eigenvalue weighted by Crippen LogP contribution is 2.34. The van der Waals surface area contributed by atoms with Crippen LogP contribution in [-0.2, 0) is 9.47 Å². The van der Waals surface area contributed by atoms with Crippen molar-refractivity contribution in [2.75, 3.05) is 13.7 Å². The van der Waals surface area contributed by atoms with Crippen molar-refractivity contribution >= 4 is 0 Å². The van der Waals surface area contributed by atoms with Crippen molar-refractivity contribution in [3.8, 4) is 0 Å². The lowest BCUT2D eigenvalue weighted by molar-refractivity contribution is -0.313. The fraction of sp³-hybridized carbons (Fsp3) is 1.00. The maximum Gasteiger partial charge on any atom is 0.194 e. The van der Waals surface area contributed by atoms with E-state index < -0.39 is 11.4 Å². The first-order valence-corrected chi connectivity index (χ1v) is 3.93. The average molecular weight is 160 g/mol. The second kappa shape index (κ2) is 2.73. The highest BCUT2D eigenvalue weighted by molar-refractivity contribution is 4.90. The topological polar surface area (TPSA) is 38.7 Å². The van der Waals surface area contributed by atoms with Crippen molar-refractivity contribution < 1.29 is 14.6 Å². The van der Waals surface area contributed by atoms with Crippen LogP contribution >= 0.6 is 0 Å². The van der Waals surface area contributed by atoms with Gasteiger partial charge in [-0.3, -0.25) is 0 Å². The third-order valence-corrected chi connectivity index (χ3v) is 2.40. The minimum atomic E-state index is -1.11. The molecule has 0 bridgehead atoms. The summed E-state index contributed by atoms with van der Waals surface area (Å²) < 4.78 is 10.4.